The second-order valence-corrected chi connectivity index (χ2v) is 7.01. The van der Waals surface area contributed by atoms with E-state index in [1.807, 2.05) is 5.38 Å². The number of nitrogens with two attached hydrogens (primary N) is 1. The van der Waals surface area contributed by atoms with Crippen molar-refractivity contribution in [2.75, 3.05) is 6.54 Å². The summed E-state index contributed by atoms with van der Waals surface area (Å²) in [5.41, 5.74) is 5.86. The molecule has 2 aromatic heterocycles. The zero-order chi connectivity index (χ0) is 19.0. The highest BCUT2D eigenvalue weighted by molar-refractivity contribution is 7.17. The third kappa shape index (κ3) is 3.14. The minimum absolute atomic E-state index is 0.179. The lowest BCUT2D eigenvalue weighted by atomic mass is 10.0. The Hall–Kier alpha value is -3.28. The van der Waals surface area contributed by atoms with Gasteiger partial charge in [0, 0.05) is 24.1 Å². The van der Waals surface area contributed by atoms with Crippen molar-refractivity contribution in [3.05, 3.63) is 47.0 Å². The van der Waals surface area contributed by atoms with Crippen LogP contribution in [0.15, 0.2) is 35.7 Å². The highest BCUT2D eigenvalue weighted by Crippen LogP contribution is 2.26. The van der Waals surface area contributed by atoms with Crippen molar-refractivity contribution >= 4 is 33.4 Å². The fourth-order valence-electron chi connectivity index (χ4n) is 2.81. The van der Waals surface area contributed by atoms with Gasteiger partial charge in [0.2, 0.25) is 5.60 Å². The van der Waals surface area contributed by atoms with Crippen LogP contribution in [0.4, 0.5) is 0 Å². The predicted octanol–water partition coefficient (Wildman–Crippen LogP) is 1.06. The summed E-state index contributed by atoms with van der Waals surface area (Å²) in [6, 6.07) is 8.85. The number of aliphatic hydroxyl groups is 1. The molecule has 0 bridgehead atoms. The fourth-order valence-corrected chi connectivity index (χ4v) is 3.63. The van der Waals surface area contributed by atoms with Crippen LogP contribution in [0.1, 0.15) is 22.5 Å². The van der Waals surface area contributed by atoms with Gasteiger partial charge in [0.1, 0.15) is 5.69 Å². The van der Waals surface area contributed by atoms with Crippen molar-refractivity contribution < 1.29 is 14.7 Å². The lowest BCUT2D eigenvalue weighted by molar-refractivity contribution is -0.130. The molecule has 1 aliphatic rings. The van der Waals surface area contributed by atoms with E-state index < -0.39 is 17.4 Å². The number of amides is 2. The van der Waals surface area contributed by atoms with Crippen molar-refractivity contribution in [3.63, 3.8) is 0 Å². The van der Waals surface area contributed by atoms with Crippen LogP contribution in [-0.4, -0.2) is 39.0 Å². The first-order valence-electron chi connectivity index (χ1n) is 8.16. The van der Waals surface area contributed by atoms with Gasteiger partial charge in [-0.05, 0) is 23.6 Å². The number of aromatic nitrogens is 2. The highest BCUT2D eigenvalue weighted by atomic mass is 32.1. The van der Waals surface area contributed by atoms with Crippen molar-refractivity contribution in [2.24, 2.45) is 5.73 Å². The maximum Gasteiger partial charge on any atom is 0.268 e. The largest absolute Gasteiger partial charge is 0.369 e. The van der Waals surface area contributed by atoms with Gasteiger partial charge in [0.15, 0.2) is 5.82 Å². The third-order valence-electron chi connectivity index (χ3n) is 4.22. The average molecular weight is 378 g/mol. The standard InChI is InChI=1S/C19H14N4O3S/c20-16(24)14-15-13(5-9-27-15)22-17(23-14)12-3-1-2-11(10-12)4-6-19(26)7-8-21-18(19)25/h1-3,5,9-10,26H,7-8H2,(H2,20,24)(H,21,25)/t19-/m0/s1. The van der Waals surface area contributed by atoms with Gasteiger partial charge in [-0.2, -0.15) is 0 Å². The first-order valence-corrected chi connectivity index (χ1v) is 9.03. The highest BCUT2D eigenvalue weighted by Gasteiger charge is 2.38. The molecule has 0 saturated carbocycles. The summed E-state index contributed by atoms with van der Waals surface area (Å²) in [6.45, 7) is 0.397. The molecular formula is C19H14N4O3S. The summed E-state index contributed by atoms with van der Waals surface area (Å²) in [5.74, 6) is 4.73. The van der Waals surface area contributed by atoms with E-state index in [1.54, 1.807) is 30.3 Å². The number of benzene rings is 1. The van der Waals surface area contributed by atoms with Crippen LogP contribution in [0.25, 0.3) is 21.6 Å². The normalized spacial score (nSPS) is 18.8. The molecule has 1 aromatic carbocycles. The van der Waals surface area contributed by atoms with Gasteiger partial charge in [0.05, 0.1) is 10.2 Å². The number of carbonyl (C=O) groups excluding carboxylic acids is 2. The van der Waals surface area contributed by atoms with E-state index in [9.17, 15) is 14.7 Å². The van der Waals surface area contributed by atoms with Crippen molar-refractivity contribution in [1.29, 1.82) is 0 Å². The van der Waals surface area contributed by atoms with E-state index in [2.05, 4.69) is 27.1 Å². The molecule has 3 aromatic rings. The number of carbonyl (C=O) groups is 2. The van der Waals surface area contributed by atoms with Crippen molar-refractivity contribution in [3.8, 4) is 23.2 Å². The predicted molar refractivity (Wildman–Crippen MR) is 101 cm³/mol. The molecule has 1 aliphatic heterocycles. The van der Waals surface area contributed by atoms with Crippen LogP contribution in [0, 0.1) is 11.8 Å². The van der Waals surface area contributed by atoms with Crippen LogP contribution < -0.4 is 11.1 Å². The van der Waals surface area contributed by atoms with Gasteiger partial charge in [-0.1, -0.05) is 24.0 Å². The summed E-state index contributed by atoms with van der Waals surface area (Å²) in [6.07, 6.45) is 0.248. The van der Waals surface area contributed by atoms with Crippen LogP contribution in [0.5, 0.6) is 0 Å². The van der Waals surface area contributed by atoms with E-state index in [4.69, 9.17) is 5.73 Å². The van der Waals surface area contributed by atoms with Crippen molar-refractivity contribution in [2.45, 2.75) is 12.0 Å². The topological polar surface area (TPSA) is 118 Å². The maximum atomic E-state index is 11.7. The molecular weight excluding hydrogens is 364 g/mol. The molecule has 8 heteroatoms. The Morgan fingerprint density at radius 2 is 2.19 bits per heavy atom. The lowest BCUT2D eigenvalue weighted by Gasteiger charge is -2.09. The maximum absolute atomic E-state index is 11.7. The Bertz CT molecular complexity index is 1140. The molecule has 0 aliphatic carbocycles. The van der Waals surface area contributed by atoms with Crippen molar-refractivity contribution in [1.82, 2.24) is 15.3 Å². The zero-order valence-corrected chi connectivity index (χ0v) is 14.8. The number of thiophene rings is 1. The number of primary amides is 1. The lowest BCUT2D eigenvalue weighted by Crippen LogP contribution is -2.36. The SMILES string of the molecule is NC(=O)c1nc(-c2cccc(C#C[C@]3(O)CCNC3=O)c2)nc2ccsc12. The Morgan fingerprint density at radius 3 is 2.93 bits per heavy atom. The van der Waals surface area contributed by atoms with E-state index in [1.165, 1.54) is 11.3 Å². The van der Waals surface area contributed by atoms with E-state index in [0.717, 1.165) is 0 Å². The molecule has 1 atom stereocenters. The minimum Gasteiger partial charge on any atom is -0.369 e. The summed E-state index contributed by atoms with van der Waals surface area (Å²) in [4.78, 5) is 32.2. The Kier molecular flexibility index (Phi) is 4.11. The minimum atomic E-state index is -1.67. The Balaban J connectivity index is 1.75. The Morgan fingerprint density at radius 1 is 1.33 bits per heavy atom. The van der Waals surface area contributed by atoms with Gasteiger partial charge in [0.25, 0.3) is 11.8 Å². The molecule has 4 rings (SSSR count). The van der Waals surface area contributed by atoms with E-state index >= 15 is 0 Å². The fraction of sp³-hybridized carbons (Fsp3) is 0.158. The quantitative estimate of drug-likeness (QED) is 0.576. The molecule has 0 spiro atoms. The van der Waals surface area contributed by atoms with Crippen LogP contribution in [-0.2, 0) is 4.79 Å². The first kappa shape index (κ1) is 17.1. The summed E-state index contributed by atoms with van der Waals surface area (Å²) < 4.78 is 0.650. The van der Waals surface area contributed by atoms with Gasteiger partial charge in [-0.3, -0.25) is 9.59 Å². The number of hydrogen-bond donors (Lipinski definition) is 3. The van der Waals surface area contributed by atoms with Crippen LogP contribution in [0.3, 0.4) is 0 Å². The second kappa shape index (κ2) is 6.46. The molecule has 0 unspecified atom stereocenters. The number of nitrogens with zero attached hydrogens (tertiary/aromatic N) is 2. The van der Waals surface area contributed by atoms with Gasteiger partial charge >= 0.3 is 0 Å². The summed E-state index contributed by atoms with van der Waals surface area (Å²) >= 11 is 1.36. The smallest absolute Gasteiger partial charge is 0.268 e. The molecule has 0 radical (unpaired) electrons. The Labute approximate surface area is 158 Å². The molecule has 7 nitrogen and oxygen atoms in total. The van der Waals surface area contributed by atoms with Gasteiger partial charge in [-0.15, -0.1) is 11.3 Å². The monoisotopic (exact) mass is 378 g/mol. The van der Waals surface area contributed by atoms with E-state index in [0.29, 0.717) is 33.7 Å². The third-order valence-corrected chi connectivity index (χ3v) is 5.13. The van der Waals surface area contributed by atoms with E-state index in [-0.39, 0.29) is 12.1 Å². The summed E-state index contributed by atoms with van der Waals surface area (Å²) in [5, 5.41) is 14.6. The number of nitrogens with one attached hydrogen (secondary N) is 1. The number of hydrogen-bond acceptors (Lipinski definition) is 6. The first-order chi connectivity index (χ1) is 13.0. The zero-order valence-electron chi connectivity index (χ0n) is 14.0. The van der Waals surface area contributed by atoms with Gasteiger partial charge < -0.3 is 16.2 Å². The van der Waals surface area contributed by atoms with Gasteiger partial charge in [-0.25, -0.2) is 9.97 Å². The molecule has 27 heavy (non-hydrogen) atoms. The summed E-state index contributed by atoms with van der Waals surface area (Å²) in [7, 11) is 0. The number of rotatable bonds is 2. The molecule has 3 heterocycles. The molecule has 1 saturated heterocycles. The number of fused-ring (bicyclic) bond motifs is 1. The average Bonchev–Trinajstić information content (AvgIpc) is 3.26. The van der Waals surface area contributed by atoms with Crippen LogP contribution >= 0.6 is 11.3 Å². The molecule has 2 amide bonds. The molecule has 4 N–H and O–H groups in total. The molecule has 134 valence electrons. The van der Waals surface area contributed by atoms with Crippen LogP contribution in [0.2, 0.25) is 0 Å². The molecule has 1 fully saturated rings. The second-order valence-electron chi connectivity index (χ2n) is 6.09.